The molecule has 0 spiro atoms. The predicted octanol–water partition coefficient (Wildman–Crippen LogP) is 2.77. The van der Waals surface area contributed by atoms with Crippen LogP contribution in [0.25, 0.3) is 6.08 Å². The molecule has 3 nitrogen and oxygen atoms in total. The van der Waals surface area contributed by atoms with Gasteiger partial charge >= 0.3 is 0 Å². The monoisotopic (exact) mass is 297 g/mol. The van der Waals surface area contributed by atoms with E-state index >= 15 is 0 Å². The van der Waals surface area contributed by atoms with Crippen molar-refractivity contribution >= 4 is 23.6 Å². The molecule has 0 aliphatic heterocycles. The number of amides is 1. The molecule has 0 radical (unpaired) electrons. The average Bonchev–Trinajstić information content (AvgIpc) is 2.82. The smallest absolute Gasteiger partial charge is 0.244 e. The van der Waals surface area contributed by atoms with Gasteiger partial charge in [0.05, 0.1) is 11.1 Å². The van der Waals surface area contributed by atoms with Crippen LogP contribution in [0.5, 0.6) is 0 Å². The lowest BCUT2D eigenvalue weighted by Gasteiger charge is -2.09. The van der Waals surface area contributed by atoms with Gasteiger partial charge in [-0.1, -0.05) is 17.7 Å². The number of aliphatic hydroxyl groups is 1. The zero-order chi connectivity index (χ0) is 14.5. The first-order valence-corrected chi connectivity index (χ1v) is 7.02. The second-order valence-corrected chi connectivity index (χ2v) is 5.45. The Balaban J connectivity index is 1.86. The van der Waals surface area contributed by atoms with Crippen molar-refractivity contribution in [3.63, 3.8) is 0 Å². The number of rotatable bonds is 4. The molecule has 2 atom stereocenters. The van der Waals surface area contributed by atoms with Crippen molar-refractivity contribution in [2.45, 2.75) is 25.4 Å². The minimum absolute atomic E-state index is 0.209. The van der Waals surface area contributed by atoms with Crippen molar-refractivity contribution in [3.8, 4) is 0 Å². The van der Waals surface area contributed by atoms with E-state index in [0.717, 1.165) is 19.3 Å². The predicted molar refractivity (Wildman–Crippen MR) is 76.8 cm³/mol. The molecular formula is C15H17ClFNO2. The molecule has 0 saturated heterocycles. The molecule has 108 valence electrons. The second-order valence-electron chi connectivity index (χ2n) is 5.05. The molecule has 1 fully saturated rings. The molecule has 2 unspecified atom stereocenters. The molecule has 1 aliphatic carbocycles. The Labute approximate surface area is 122 Å². The van der Waals surface area contributed by atoms with E-state index in [1.807, 2.05) is 0 Å². The van der Waals surface area contributed by atoms with Gasteiger partial charge in [0.25, 0.3) is 0 Å². The van der Waals surface area contributed by atoms with Gasteiger partial charge in [-0.25, -0.2) is 4.39 Å². The van der Waals surface area contributed by atoms with Gasteiger partial charge in [-0.2, -0.15) is 0 Å². The minimum Gasteiger partial charge on any atom is -0.393 e. The van der Waals surface area contributed by atoms with Crippen molar-refractivity contribution in [2.75, 3.05) is 6.54 Å². The van der Waals surface area contributed by atoms with Gasteiger partial charge in [0.15, 0.2) is 0 Å². The first-order chi connectivity index (χ1) is 9.56. The highest BCUT2D eigenvalue weighted by Crippen LogP contribution is 2.24. The van der Waals surface area contributed by atoms with Crippen LogP contribution in [0, 0.1) is 11.7 Å². The fourth-order valence-electron chi connectivity index (χ4n) is 2.37. The summed E-state index contributed by atoms with van der Waals surface area (Å²) in [5.74, 6) is -0.425. The van der Waals surface area contributed by atoms with Crippen LogP contribution in [0.15, 0.2) is 24.3 Å². The van der Waals surface area contributed by atoms with E-state index in [0.29, 0.717) is 12.5 Å². The first kappa shape index (κ1) is 15.0. The number of aliphatic hydroxyl groups excluding tert-OH is 1. The van der Waals surface area contributed by atoms with Gasteiger partial charge in [0.2, 0.25) is 5.91 Å². The van der Waals surface area contributed by atoms with Crippen molar-refractivity contribution in [1.82, 2.24) is 5.32 Å². The minimum atomic E-state index is -0.458. The standard InChI is InChI=1S/C15H17ClFNO2/c16-13-2-1-3-14(17)12(13)6-7-15(20)18-9-10-4-5-11(19)8-10/h1-3,6-7,10-11,19H,4-5,8-9H2,(H,18,20)/b7-6+. The molecule has 0 heterocycles. The summed E-state index contributed by atoms with van der Waals surface area (Å²) >= 11 is 5.86. The highest BCUT2D eigenvalue weighted by atomic mass is 35.5. The Morgan fingerprint density at radius 1 is 1.50 bits per heavy atom. The molecule has 5 heteroatoms. The number of halogens is 2. The van der Waals surface area contributed by atoms with E-state index in [1.54, 1.807) is 6.07 Å². The molecule has 0 aromatic heterocycles. The van der Waals surface area contributed by atoms with Crippen LogP contribution >= 0.6 is 11.6 Å². The van der Waals surface area contributed by atoms with Crippen molar-refractivity contribution in [2.24, 2.45) is 5.92 Å². The van der Waals surface area contributed by atoms with Gasteiger partial charge in [0.1, 0.15) is 5.82 Å². The summed E-state index contributed by atoms with van der Waals surface area (Å²) in [5, 5.41) is 12.4. The summed E-state index contributed by atoms with van der Waals surface area (Å²) in [5.41, 5.74) is 0.209. The third kappa shape index (κ3) is 4.05. The molecule has 2 N–H and O–H groups in total. The third-order valence-corrected chi connectivity index (χ3v) is 3.81. The summed E-state index contributed by atoms with van der Waals surface area (Å²) in [4.78, 5) is 11.7. The quantitative estimate of drug-likeness (QED) is 0.840. The van der Waals surface area contributed by atoms with Gasteiger partial charge in [-0.05, 0) is 43.4 Å². The SMILES string of the molecule is O=C(/C=C/c1c(F)cccc1Cl)NCC1CCC(O)C1. The number of carbonyl (C=O) groups is 1. The lowest BCUT2D eigenvalue weighted by molar-refractivity contribution is -0.116. The largest absolute Gasteiger partial charge is 0.393 e. The van der Waals surface area contributed by atoms with Crippen molar-refractivity contribution < 1.29 is 14.3 Å². The van der Waals surface area contributed by atoms with Gasteiger partial charge in [-0.3, -0.25) is 4.79 Å². The zero-order valence-electron chi connectivity index (χ0n) is 11.0. The number of nitrogens with one attached hydrogen (secondary N) is 1. The van der Waals surface area contributed by atoms with Crippen LogP contribution in [0.4, 0.5) is 4.39 Å². The summed E-state index contributed by atoms with van der Waals surface area (Å²) in [6, 6.07) is 4.38. The molecule has 0 bridgehead atoms. The molecule has 20 heavy (non-hydrogen) atoms. The number of hydrogen-bond donors (Lipinski definition) is 2. The van der Waals surface area contributed by atoms with E-state index in [1.165, 1.54) is 24.3 Å². The molecule has 2 rings (SSSR count). The maximum Gasteiger partial charge on any atom is 0.244 e. The highest BCUT2D eigenvalue weighted by molar-refractivity contribution is 6.32. The van der Waals surface area contributed by atoms with Crippen LogP contribution in [0.1, 0.15) is 24.8 Å². The van der Waals surface area contributed by atoms with E-state index in [-0.39, 0.29) is 22.6 Å². The van der Waals surface area contributed by atoms with Crippen LogP contribution in [0.3, 0.4) is 0 Å². The lowest BCUT2D eigenvalue weighted by atomic mass is 10.1. The van der Waals surface area contributed by atoms with Crippen LogP contribution in [0.2, 0.25) is 5.02 Å². The number of carbonyl (C=O) groups excluding carboxylic acids is 1. The van der Waals surface area contributed by atoms with Crippen LogP contribution in [-0.2, 0) is 4.79 Å². The fraction of sp³-hybridized carbons (Fsp3) is 0.400. The Morgan fingerprint density at radius 3 is 2.95 bits per heavy atom. The number of hydrogen-bond acceptors (Lipinski definition) is 2. The summed E-state index contributed by atoms with van der Waals surface area (Å²) in [7, 11) is 0. The molecule has 1 aliphatic rings. The summed E-state index contributed by atoms with van der Waals surface area (Å²) in [6.07, 6.45) is 4.84. The summed E-state index contributed by atoms with van der Waals surface area (Å²) < 4.78 is 13.5. The van der Waals surface area contributed by atoms with Crippen molar-refractivity contribution in [3.05, 3.63) is 40.7 Å². The van der Waals surface area contributed by atoms with Gasteiger partial charge in [-0.15, -0.1) is 0 Å². The third-order valence-electron chi connectivity index (χ3n) is 3.48. The second kappa shape index (κ2) is 6.86. The van der Waals surface area contributed by atoms with Crippen LogP contribution < -0.4 is 5.32 Å². The van der Waals surface area contributed by atoms with Crippen molar-refractivity contribution in [1.29, 1.82) is 0 Å². The Bertz CT molecular complexity index is 498. The Kier molecular flexibility index (Phi) is 5.15. The zero-order valence-corrected chi connectivity index (χ0v) is 11.7. The average molecular weight is 298 g/mol. The van der Waals surface area contributed by atoms with Crippen LogP contribution in [-0.4, -0.2) is 23.7 Å². The Morgan fingerprint density at radius 2 is 2.30 bits per heavy atom. The normalized spacial score (nSPS) is 22.4. The van der Waals surface area contributed by atoms with E-state index in [9.17, 15) is 14.3 Å². The maximum atomic E-state index is 13.5. The van der Waals surface area contributed by atoms with E-state index in [2.05, 4.69) is 5.32 Å². The highest BCUT2D eigenvalue weighted by Gasteiger charge is 2.22. The topological polar surface area (TPSA) is 49.3 Å². The van der Waals surface area contributed by atoms with Gasteiger partial charge in [0, 0.05) is 18.2 Å². The number of benzene rings is 1. The lowest BCUT2D eigenvalue weighted by Crippen LogP contribution is -2.26. The van der Waals surface area contributed by atoms with Gasteiger partial charge < -0.3 is 10.4 Å². The summed E-state index contributed by atoms with van der Waals surface area (Å²) in [6.45, 7) is 0.533. The molecule has 1 amide bonds. The molecule has 1 aromatic rings. The maximum absolute atomic E-state index is 13.5. The molecule has 1 saturated carbocycles. The Hall–Kier alpha value is -1.39. The fourth-order valence-corrected chi connectivity index (χ4v) is 2.59. The van der Waals surface area contributed by atoms with E-state index < -0.39 is 5.82 Å². The first-order valence-electron chi connectivity index (χ1n) is 6.64. The molecule has 1 aromatic carbocycles. The van der Waals surface area contributed by atoms with E-state index in [4.69, 9.17) is 11.6 Å². The molecular weight excluding hydrogens is 281 g/mol.